The van der Waals surface area contributed by atoms with Crippen molar-refractivity contribution in [2.24, 2.45) is 11.7 Å². The average Bonchev–Trinajstić information content (AvgIpc) is 3.10. The number of hydrogen-bond acceptors (Lipinski definition) is 3. The summed E-state index contributed by atoms with van der Waals surface area (Å²) in [6, 6.07) is 0.219. The predicted octanol–water partition coefficient (Wildman–Crippen LogP) is 1.32. The molecule has 0 aromatic heterocycles. The van der Waals surface area contributed by atoms with Crippen molar-refractivity contribution in [3.05, 3.63) is 0 Å². The van der Waals surface area contributed by atoms with Gasteiger partial charge < -0.3 is 5.73 Å². The van der Waals surface area contributed by atoms with E-state index in [-0.39, 0.29) is 6.04 Å². The maximum Gasteiger partial charge on any atom is 0.214 e. The van der Waals surface area contributed by atoms with Crippen LogP contribution in [0.25, 0.3) is 0 Å². The van der Waals surface area contributed by atoms with Gasteiger partial charge in [0.15, 0.2) is 0 Å². The minimum absolute atomic E-state index is 0.219. The Balaban J connectivity index is 2.03. The van der Waals surface area contributed by atoms with Gasteiger partial charge in [0, 0.05) is 19.1 Å². The lowest BCUT2D eigenvalue weighted by atomic mass is 9.95. The highest BCUT2D eigenvalue weighted by Gasteiger charge is 2.35. The van der Waals surface area contributed by atoms with E-state index in [4.69, 9.17) is 5.73 Å². The molecule has 0 aromatic rings. The van der Waals surface area contributed by atoms with Gasteiger partial charge in [0.1, 0.15) is 0 Å². The maximum absolute atomic E-state index is 12.3. The van der Waals surface area contributed by atoms with Crippen LogP contribution in [-0.2, 0) is 10.0 Å². The molecule has 4 nitrogen and oxygen atoms in total. The van der Waals surface area contributed by atoms with Crippen molar-refractivity contribution in [1.29, 1.82) is 0 Å². The fourth-order valence-electron chi connectivity index (χ4n) is 2.72. The number of sulfonamides is 1. The fraction of sp³-hybridized carbons (Fsp3) is 1.00. The third-order valence-corrected chi connectivity index (χ3v) is 5.92. The summed E-state index contributed by atoms with van der Waals surface area (Å²) in [7, 11) is -3.07. The Hall–Kier alpha value is -0.130. The van der Waals surface area contributed by atoms with Crippen LogP contribution in [-0.4, -0.2) is 37.6 Å². The Morgan fingerprint density at radius 3 is 2.24 bits per heavy atom. The fourth-order valence-corrected chi connectivity index (χ4v) is 4.89. The Kier molecular flexibility index (Phi) is 4.44. The molecule has 0 heterocycles. The lowest BCUT2D eigenvalue weighted by Gasteiger charge is -2.33. The largest absolute Gasteiger partial charge is 0.329 e. The maximum atomic E-state index is 12.3. The second-order valence-corrected chi connectivity index (χ2v) is 7.38. The smallest absolute Gasteiger partial charge is 0.214 e. The van der Waals surface area contributed by atoms with E-state index in [1.165, 1.54) is 6.42 Å². The summed E-state index contributed by atoms with van der Waals surface area (Å²) in [5.41, 5.74) is 5.57. The molecule has 2 aliphatic carbocycles. The van der Waals surface area contributed by atoms with E-state index in [0.29, 0.717) is 24.8 Å². The molecular formula is C12H24N2O2S. The van der Waals surface area contributed by atoms with E-state index in [9.17, 15) is 8.42 Å². The molecule has 0 aliphatic heterocycles. The highest BCUT2D eigenvalue weighted by Crippen LogP contribution is 2.33. The molecule has 0 saturated heterocycles. The minimum atomic E-state index is -3.07. The van der Waals surface area contributed by atoms with Crippen LogP contribution in [0.1, 0.15) is 44.9 Å². The van der Waals surface area contributed by atoms with Crippen molar-refractivity contribution in [3.8, 4) is 0 Å². The molecule has 17 heavy (non-hydrogen) atoms. The SMILES string of the molecule is NCCN(C1CCCCC1)S(=O)(=O)CC1CC1. The summed E-state index contributed by atoms with van der Waals surface area (Å²) in [4.78, 5) is 0. The van der Waals surface area contributed by atoms with Gasteiger partial charge in [0.05, 0.1) is 5.75 Å². The normalized spacial score (nSPS) is 23.2. The van der Waals surface area contributed by atoms with Gasteiger partial charge in [0.2, 0.25) is 10.0 Å². The first kappa shape index (κ1) is 13.3. The molecule has 2 aliphatic rings. The van der Waals surface area contributed by atoms with Gasteiger partial charge in [-0.25, -0.2) is 8.42 Å². The Bertz CT molecular complexity index is 332. The van der Waals surface area contributed by atoms with Crippen LogP contribution < -0.4 is 5.73 Å². The lowest BCUT2D eigenvalue weighted by Crippen LogP contribution is -2.45. The van der Waals surface area contributed by atoms with E-state index in [1.807, 2.05) is 0 Å². The Morgan fingerprint density at radius 1 is 1.06 bits per heavy atom. The summed E-state index contributed by atoms with van der Waals surface area (Å²) in [5, 5.41) is 0. The molecule has 0 aromatic carbocycles. The van der Waals surface area contributed by atoms with Gasteiger partial charge in [-0.3, -0.25) is 0 Å². The number of nitrogens with two attached hydrogens (primary N) is 1. The van der Waals surface area contributed by atoms with Crippen molar-refractivity contribution in [1.82, 2.24) is 4.31 Å². The Morgan fingerprint density at radius 2 is 1.71 bits per heavy atom. The summed E-state index contributed by atoms with van der Waals surface area (Å²) in [6.45, 7) is 0.931. The first-order valence-corrected chi connectivity index (χ1v) is 8.44. The number of nitrogens with zero attached hydrogens (tertiary/aromatic N) is 1. The quantitative estimate of drug-likeness (QED) is 0.783. The molecule has 2 N–H and O–H groups in total. The van der Waals surface area contributed by atoms with Gasteiger partial charge in [-0.05, 0) is 31.6 Å². The van der Waals surface area contributed by atoms with Crippen molar-refractivity contribution in [2.45, 2.75) is 51.0 Å². The van der Waals surface area contributed by atoms with Crippen LogP contribution in [0.2, 0.25) is 0 Å². The summed E-state index contributed by atoms with van der Waals surface area (Å²) in [5.74, 6) is 0.771. The zero-order valence-corrected chi connectivity index (χ0v) is 11.3. The zero-order valence-electron chi connectivity index (χ0n) is 10.5. The summed E-state index contributed by atoms with van der Waals surface area (Å²) < 4.78 is 26.4. The van der Waals surface area contributed by atoms with Crippen LogP contribution in [0.15, 0.2) is 0 Å². The molecule has 2 rings (SSSR count). The molecule has 2 fully saturated rings. The van der Waals surface area contributed by atoms with Gasteiger partial charge in [-0.1, -0.05) is 19.3 Å². The minimum Gasteiger partial charge on any atom is -0.329 e. The van der Waals surface area contributed by atoms with Crippen molar-refractivity contribution in [3.63, 3.8) is 0 Å². The van der Waals surface area contributed by atoms with E-state index >= 15 is 0 Å². The first-order valence-electron chi connectivity index (χ1n) is 6.83. The van der Waals surface area contributed by atoms with Gasteiger partial charge in [-0.15, -0.1) is 0 Å². The van der Waals surface area contributed by atoms with Crippen LogP contribution >= 0.6 is 0 Å². The van der Waals surface area contributed by atoms with E-state index in [2.05, 4.69) is 0 Å². The highest BCUT2D eigenvalue weighted by molar-refractivity contribution is 7.89. The average molecular weight is 260 g/mol. The van der Waals surface area contributed by atoms with Crippen molar-refractivity contribution in [2.75, 3.05) is 18.8 Å². The second kappa shape index (κ2) is 5.67. The van der Waals surface area contributed by atoms with E-state index in [1.54, 1.807) is 4.31 Å². The third-order valence-electron chi connectivity index (χ3n) is 3.83. The predicted molar refractivity (Wildman–Crippen MR) is 69.1 cm³/mol. The van der Waals surface area contributed by atoms with Crippen LogP contribution in [0.3, 0.4) is 0 Å². The zero-order chi connectivity index (χ0) is 12.3. The number of rotatable bonds is 6. The summed E-state index contributed by atoms with van der Waals surface area (Å²) >= 11 is 0. The van der Waals surface area contributed by atoms with Gasteiger partial charge in [-0.2, -0.15) is 4.31 Å². The van der Waals surface area contributed by atoms with Crippen molar-refractivity contribution < 1.29 is 8.42 Å². The first-order chi connectivity index (χ1) is 8.13. The Labute approximate surface area is 105 Å². The standard InChI is InChI=1S/C12H24N2O2S/c13-8-9-14(12-4-2-1-3-5-12)17(15,16)10-11-6-7-11/h11-12H,1-10,13H2. The molecule has 5 heteroatoms. The van der Waals surface area contributed by atoms with Crippen LogP contribution in [0.5, 0.6) is 0 Å². The van der Waals surface area contributed by atoms with E-state index in [0.717, 1.165) is 38.5 Å². The van der Waals surface area contributed by atoms with E-state index < -0.39 is 10.0 Å². The topological polar surface area (TPSA) is 63.4 Å². The van der Waals surface area contributed by atoms with Crippen molar-refractivity contribution >= 4 is 10.0 Å². The number of hydrogen-bond donors (Lipinski definition) is 1. The summed E-state index contributed by atoms with van der Waals surface area (Å²) in [6.07, 6.45) is 7.76. The molecule has 0 spiro atoms. The highest BCUT2D eigenvalue weighted by atomic mass is 32.2. The van der Waals surface area contributed by atoms with Gasteiger partial charge in [0.25, 0.3) is 0 Å². The molecule has 0 bridgehead atoms. The molecule has 0 amide bonds. The van der Waals surface area contributed by atoms with Crippen LogP contribution in [0, 0.1) is 5.92 Å². The molecular weight excluding hydrogens is 236 g/mol. The second-order valence-electron chi connectivity index (χ2n) is 5.41. The monoisotopic (exact) mass is 260 g/mol. The lowest BCUT2D eigenvalue weighted by molar-refractivity contribution is 0.257. The molecule has 0 unspecified atom stereocenters. The third kappa shape index (κ3) is 3.66. The molecule has 0 radical (unpaired) electrons. The van der Waals surface area contributed by atoms with Gasteiger partial charge >= 0.3 is 0 Å². The van der Waals surface area contributed by atoms with Crippen LogP contribution in [0.4, 0.5) is 0 Å². The molecule has 2 saturated carbocycles. The molecule has 100 valence electrons. The molecule has 0 atom stereocenters.